The summed E-state index contributed by atoms with van der Waals surface area (Å²) in [7, 11) is 0. The fraction of sp³-hybridized carbons (Fsp3) is 0.458. The molecule has 4 heteroatoms. The third-order valence-corrected chi connectivity index (χ3v) is 5.45. The summed E-state index contributed by atoms with van der Waals surface area (Å²) in [5.41, 5.74) is 3.76. The van der Waals surface area contributed by atoms with E-state index in [9.17, 15) is 4.79 Å². The molecule has 1 heterocycles. The Morgan fingerprint density at radius 2 is 1.61 bits per heavy atom. The first-order valence-electron chi connectivity index (χ1n) is 10.6. The number of anilines is 1. The number of carbonyl (C=O) groups is 1. The average molecular weight is 380 g/mol. The van der Waals surface area contributed by atoms with E-state index >= 15 is 0 Å². The maximum atomic E-state index is 12.2. The quantitative estimate of drug-likeness (QED) is 0.724. The molecule has 0 saturated carbocycles. The highest BCUT2D eigenvalue weighted by Crippen LogP contribution is 2.15. The van der Waals surface area contributed by atoms with Gasteiger partial charge in [0.15, 0.2) is 0 Å². The summed E-state index contributed by atoms with van der Waals surface area (Å²) in [5.74, 6) is 0.115. The highest BCUT2D eigenvalue weighted by molar-refractivity contribution is 5.78. The Labute approximate surface area is 169 Å². The fourth-order valence-electron chi connectivity index (χ4n) is 3.67. The Balaban J connectivity index is 1.32. The summed E-state index contributed by atoms with van der Waals surface area (Å²) in [6.45, 7) is 8.03. The maximum absolute atomic E-state index is 12.2. The standard InChI is InChI=1S/C24H33N3O/c1-2-3-7-21-10-12-22(13-11-21)20-24(28)25-14-15-26-16-18-27(19-17-26)23-8-5-4-6-9-23/h4-6,8-13H,2-3,7,14-20H2,1H3,(H,25,28). The molecule has 1 N–H and O–H groups in total. The van der Waals surface area contributed by atoms with Crippen LogP contribution in [0.5, 0.6) is 0 Å². The van der Waals surface area contributed by atoms with E-state index in [0.29, 0.717) is 6.42 Å². The SMILES string of the molecule is CCCCc1ccc(CC(=O)NCCN2CCN(c3ccccc3)CC2)cc1. The Hall–Kier alpha value is -2.33. The largest absolute Gasteiger partial charge is 0.369 e. The van der Waals surface area contributed by atoms with E-state index in [1.165, 1.54) is 24.1 Å². The first-order valence-corrected chi connectivity index (χ1v) is 10.6. The lowest BCUT2D eigenvalue weighted by Gasteiger charge is -2.36. The highest BCUT2D eigenvalue weighted by Gasteiger charge is 2.16. The molecule has 2 aromatic carbocycles. The summed E-state index contributed by atoms with van der Waals surface area (Å²) in [5, 5.41) is 3.08. The average Bonchev–Trinajstić information content (AvgIpc) is 2.74. The number of nitrogens with one attached hydrogen (secondary N) is 1. The topological polar surface area (TPSA) is 35.6 Å². The van der Waals surface area contributed by atoms with E-state index in [2.05, 4.69) is 76.6 Å². The lowest BCUT2D eigenvalue weighted by Crippen LogP contribution is -2.48. The number of aryl methyl sites for hydroxylation is 1. The van der Waals surface area contributed by atoms with Crippen LogP contribution in [0.4, 0.5) is 5.69 Å². The van der Waals surface area contributed by atoms with Gasteiger partial charge in [0, 0.05) is 45.0 Å². The van der Waals surface area contributed by atoms with Gasteiger partial charge in [0.1, 0.15) is 0 Å². The van der Waals surface area contributed by atoms with Crippen molar-refractivity contribution in [2.75, 3.05) is 44.2 Å². The molecule has 0 atom stereocenters. The van der Waals surface area contributed by atoms with Gasteiger partial charge in [0.25, 0.3) is 0 Å². The van der Waals surface area contributed by atoms with Crippen molar-refractivity contribution < 1.29 is 4.79 Å². The van der Waals surface area contributed by atoms with Crippen molar-refractivity contribution in [3.05, 3.63) is 65.7 Å². The van der Waals surface area contributed by atoms with Gasteiger partial charge in [-0.05, 0) is 36.1 Å². The smallest absolute Gasteiger partial charge is 0.224 e. The number of para-hydroxylation sites is 1. The van der Waals surface area contributed by atoms with Crippen molar-refractivity contribution >= 4 is 11.6 Å². The number of piperazine rings is 1. The maximum Gasteiger partial charge on any atom is 0.224 e. The molecule has 3 rings (SSSR count). The van der Waals surface area contributed by atoms with Gasteiger partial charge in [-0.25, -0.2) is 0 Å². The van der Waals surface area contributed by atoms with Crippen LogP contribution in [-0.2, 0) is 17.6 Å². The molecular weight excluding hydrogens is 346 g/mol. The van der Waals surface area contributed by atoms with Gasteiger partial charge in [-0.1, -0.05) is 55.8 Å². The molecule has 1 fully saturated rings. The Morgan fingerprint density at radius 1 is 0.929 bits per heavy atom. The molecule has 0 unspecified atom stereocenters. The summed E-state index contributed by atoms with van der Waals surface area (Å²) < 4.78 is 0. The minimum atomic E-state index is 0.115. The highest BCUT2D eigenvalue weighted by atomic mass is 16.1. The molecule has 2 aromatic rings. The normalized spacial score (nSPS) is 14.8. The van der Waals surface area contributed by atoms with E-state index in [-0.39, 0.29) is 5.91 Å². The van der Waals surface area contributed by atoms with Gasteiger partial charge in [0.2, 0.25) is 5.91 Å². The molecule has 0 bridgehead atoms. The van der Waals surface area contributed by atoms with Crippen molar-refractivity contribution in [3.63, 3.8) is 0 Å². The van der Waals surface area contributed by atoms with Crippen LogP contribution in [0.2, 0.25) is 0 Å². The van der Waals surface area contributed by atoms with Crippen LogP contribution in [0, 0.1) is 0 Å². The number of hydrogen-bond acceptors (Lipinski definition) is 3. The molecule has 0 aliphatic carbocycles. The summed E-state index contributed by atoms with van der Waals surface area (Å²) >= 11 is 0. The number of unbranched alkanes of at least 4 members (excludes halogenated alkanes) is 1. The molecule has 1 amide bonds. The van der Waals surface area contributed by atoms with Gasteiger partial charge in [-0.15, -0.1) is 0 Å². The first-order chi connectivity index (χ1) is 13.7. The molecule has 150 valence electrons. The molecule has 1 aliphatic rings. The van der Waals surface area contributed by atoms with Crippen molar-refractivity contribution in [2.45, 2.75) is 32.6 Å². The van der Waals surface area contributed by atoms with E-state index in [1.54, 1.807) is 0 Å². The van der Waals surface area contributed by atoms with E-state index in [4.69, 9.17) is 0 Å². The monoisotopic (exact) mass is 379 g/mol. The molecule has 1 aliphatic heterocycles. The molecule has 28 heavy (non-hydrogen) atoms. The van der Waals surface area contributed by atoms with Crippen molar-refractivity contribution in [3.8, 4) is 0 Å². The zero-order valence-electron chi connectivity index (χ0n) is 17.1. The van der Waals surface area contributed by atoms with E-state index in [1.807, 2.05) is 0 Å². The van der Waals surface area contributed by atoms with Crippen LogP contribution in [-0.4, -0.2) is 50.1 Å². The number of hydrogen-bond donors (Lipinski definition) is 1. The molecule has 0 radical (unpaired) electrons. The number of amides is 1. The van der Waals surface area contributed by atoms with Gasteiger partial charge < -0.3 is 10.2 Å². The molecule has 1 saturated heterocycles. The van der Waals surface area contributed by atoms with Crippen molar-refractivity contribution in [1.82, 2.24) is 10.2 Å². The van der Waals surface area contributed by atoms with Crippen LogP contribution >= 0.6 is 0 Å². The van der Waals surface area contributed by atoms with Crippen LogP contribution in [0.25, 0.3) is 0 Å². The minimum Gasteiger partial charge on any atom is -0.369 e. The molecule has 4 nitrogen and oxygen atoms in total. The van der Waals surface area contributed by atoms with Gasteiger partial charge in [0.05, 0.1) is 6.42 Å². The molecule has 0 aromatic heterocycles. The Kier molecular flexibility index (Phi) is 7.92. The van der Waals surface area contributed by atoms with Crippen LogP contribution in [0.15, 0.2) is 54.6 Å². The summed E-state index contributed by atoms with van der Waals surface area (Å²) in [6.07, 6.45) is 4.03. The lowest BCUT2D eigenvalue weighted by molar-refractivity contribution is -0.120. The first kappa shape index (κ1) is 20.4. The summed E-state index contributed by atoms with van der Waals surface area (Å²) in [6, 6.07) is 19.1. The second-order valence-corrected chi connectivity index (χ2v) is 7.61. The Bertz CT molecular complexity index is 706. The Morgan fingerprint density at radius 3 is 2.29 bits per heavy atom. The number of rotatable bonds is 9. The van der Waals surface area contributed by atoms with Gasteiger partial charge in [-0.2, -0.15) is 0 Å². The fourth-order valence-corrected chi connectivity index (χ4v) is 3.67. The van der Waals surface area contributed by atoms with Crippen molar-refractivity contribution in [1.29, 1.82) is 0 Å². The van der Waals surface area contributed by atoms with E-state index < -0.39 is 0 Å². The summed E-state index contributed by atoms with van der Waals surface area (Å²) in [4.78, 5) is 17.1. The molecule has 0 spiro atoms. The second-order valence-electron chi connectivity index (χ2n) is 7.61. The van der Waals surface area contributed by atoms with Gasteiger partial charge in [-0.3, -0.25) is 9.69 Å². The lowest BCUT2D eigenvalue weighted by atomic mass is 10.0. The zero-order chi connectivity index (χ0) is 19.6. The third kappa shape index (κ3) is 6.38. The predicted octanol–water partition coefficient (Wildman–Crippen LogP) is 3.51. The van der Waals surface area contributed by atoms with Gasteiger partial charge >= 0.3 is 0 Å². The predicted molar refractivity (Wildman–Crippen MR) is 117 cm³/mol. The number of benzene rings is 2. The van der Waals surface area contributed by atoms with Crippen LogP contribution < -0.4 is 10.2 Å². The zero-order valence-corrected chi connectivity index (χ0v) is 17.1. The second kappa shape index (κ2) is 10.9. The van der Waals surface area contributed by atoms with Crippen LogP contribution in [0.1, 0.15) is 30.9 Å². The van der Waals surface area contributed by atoms with Crippen LogP contribution in [0.3, 0.4) is 0 Å². The van der Waals surface area contributed by atoms with E-state index in [0.717, 1.165) is 51.3 Å². The number of carbonyl (C=O) groups excluding carboxylic acids is 1. The van der Waals surface area contributed by atoms with Crippen molar-refractivity contribution in [2.24, 2.45) is 0 Å². The third-order valence-electron chi connectivity index (χ3n) is 5.45. The molecular formula is C24H33N3O. The number of nitrogens with zero attached hydrogens (tertiary/aromatic N) is 2. The minimum absolute atomic E-state index is 0.115.